The minimum absolute atomic E-state index is 0.740. The Kier molecular flexibility index (Phi) is 2.60. The van der Waals surface area contributed by atoms with Gasteiger partial charge in [-0.2, -0.15) is 0 Å². The molecule has 13 heavy (non-hydrogen) atoms. The van der Waals surface area contributed by atoms with Crippen LogP contribution in [0.15, 0.2) is 42.6 Å². The Balaban J connectivity index is 2.59. The molecular formula is C10H7ClIN. The second-order valence-corrected chi connectivity index (χ2v) is 4.20. The molecule has 1 heterocycles. The minimum atomic E-state index is 0.740. The molecule has 0 radical (unpaired) electrons. The van der Waals surface area contributed by atoms with Gasteiger partial charge in [-0.1, -0.05) is 23.7 Å². The van der Waals surface area contributed by atoms with E-state index in [1.807, 2.05) is 41.1 Å². The molecule has 0 amide bonds. The van der Waals surface area contributed by atoms with E-state index in [0.717, 1.165) is 10.8 Å². The molecule has 3 heteroatoms. The normalized spacial score (nSPS) is 10.3. The lowest BCUT2D eigenvalue weighted by atomic mass is 10.3. The fourth-order valence-corrected chi connectivity index (χ4v) is 2.07. The van der Waals surface area contributed by atoms with Crippen molar-refractivity contribution in [2.24, 2.45) is 0 Å². The molecule has 66 valence electrons. The number of aromatic nitrogens is 1. The third kappa shape index (κ3) is 1.74. The van der Waals surface area contributed by atoms with E-state index in [2.05, 4.69) is 28.7 Å². The van der Waals surface area contributed by atoms with Gasteiger partial charge < -0.3 is 4.57 Å². The van der Waals surface area contributed by atoms with Gasteiger partial charge in [0.1, 0.15) is 5.15 Å². The van der Waals surface area contributed by atoms with E-state index in [9.17, 15) is 0 Å². The van der Waals surface area contributed by atoms with Crippen LogP contribution in [0.25, 0.3) is 5.69 Å². The first-order valence-electron chi connectivity index (χ1n) is 3.87. The molecule has 2 rings (SSSR count). The molecule has 0 atom stereocenters. The summed E-state index contributed by atoms with van der Waals surface area (Å²) in [5.41, 5.74) is 1.12. The van der Waals surface area contributed by atoms with Gasteiger partial charge in [-0.25, -0.2) is 0 Å². The fraction of sp³-hybridized carbons (Fsp3) is 0. The summed E-state index contributed by atoms with van der Waals surface area (Å²) < 4.78 is 3.15. The molecule has 0 fully saturated rings. The van der Waals surface area contributed by atoms with Crippen molar-refractivity contribution in [1.82, 2.24) is 4.57 Å². The maximum Gasteiger partial charge on any atom is 0.113 e. The van der Waals surface area contributed by atoms with Crippen molar-refractivity contribution in [3.05, 3.63) is 51.3 Å². The molecule has 2 aromatic rings. The van der Waals surface area contributed by atoms with E-state index in [-0.39, 0.29) is 0 Å². The van der Waals surface area contributed by atoms with Crippen molar-refractivity contribution in [2.45, 2.75) is 0 Å². The smallest absolute Gasteiger partial charge is 0.113 e. The van der Waals surface area contributed by atoms with Crippen LogP contribution in [0.2, 0.25) is 5.15 Å². The predicted molar refractivity (Wildman–Crippen MR) is 63.5 cm³/mol. The van der Waals surface area contributed by atoms with Gasteiger partial charge in [-0.15, -0.1) is 0 Å². The van der Waals surface area contributed by atoms with Crippen LogP contribution in [0.3, 0.4) is 0 Å². The number of halogens is 2. The average Bonchev–Trinajstić information content (AvgIpc) is 2.52. The lowest BCUT2D eigenvalue weighted by molar-refractivity contribution is 1.07. The Morgan fingerprint density at radius 2 is 1.85 bits per heavy atom. The van der Waals surface area contributed by atoms with Gasteiger partial charge in [-0.05, 0) is 46.9 Å². The summed E-state index contributed by atoms with van der Waals surface area (Å²) in [5, 5.41) is 0.740. The highest BCUT2D eigenvalue weighted by molar-refractivity contribution is 14.1. The Morgan fingerprint density at radius 1 is 1.08 bits per heavy atom. The maximum absolute atomic E-state index is 6.01. The highest BCUT2D eigenvalue weighted by Gasteiger charge is 2.02. The second-order valence-electron chi connectivity index (χ2n) is 2.65. The molecule has 0 aliphatic carbocycles. The van der Waals surface area contributed by atoms with Gasteiger partial charge in [0.25, 0.3) is 0 Å². The van der Waals surface area contributed by atoms with E-state index in [4.69, 9.17) is 11.6 Å². The molecule has 0 aliphatic heterocycles. The van der Waals surface area contributed by atoms with Crippen LogP contribution in [0.4, 0.5) is 0 Å². The fourth-order valence-electron chi connectivity index (χ4n) is 1.20. The van der Waals surface area contributed by atoms with Crippen molar-refractivity contribution in [3.8, 4) is 5.69 Å². The topological polar surface area (TPSA) is 4.93 Å². The zero-order valence-electron chi connectivity index (χ0n) is 6.74. The first-order valence-corrected chi connectivity index (χ1v) is 5.32. The molecule has 1 nitrogen and oxygen atoms in total. The predicted octanol–water partition coefficient (Wildman–Crippen LogP) is 3.74. The molecular weight excluding hydrogens is 296 g/mol. The number of rotatable bonds is 1. The first-order chi connectivity index (χ1) is 6.29. The summed E-state index contributed by atoms with van der Waals surface area (Å²) in [4.78, 5) is 0. The lowest BCUT2D eigenvalue weighted by Crippen LogP contribution is -1.93. The molecule has 0 spiro atoms. The van der Waals surface area contributed by atoms with Crippen LogP contribution in [-0.4, -0.2) is 4.57 Å². The monoisotopic (exact) mass is 303 g/mol. The first kappa shape index (κ1) is 9.09. The van der Waals surface area contributed by atoms with Crippen LogP contribution in [-0.2, 0) is 0 Å². The van der Waals surface area contributed by atoms with E-state index < -0.39 is 0 Å². The molecule has 0 N–H and O–H groups in total. The van der Waals surface area contributed by atoms with Crippen molar-refractivity contribution in [1.29, 1.82) is 0 Å². The molecule has 0 unspecified atom stereocenters. The molecule has 0 bridgehead atoms. The van der Waals surface area contributed by atoms with Gasteiger partial charge in [0, 0.05) is 9.77 Å². The van der Waals surface area contributed by atoms with Gasteiger partial charge in [0.15, 0.2) is 0 Å². The number of hydrogen-bond donors (Lipinski definition) is 0. The number of nitrogens with zero attached hydrogens (tertiary/aromatic N) is 1. The largest absolute Gasteiger partial charge is 0.307 e. The summed E-state index contributed by atoms with van der Waals surface area (Å²) in [5.74, 6) is 0. The van der Waals surface area contributed by atoms with Crippen LogP contribution in [0.1, 0.15) is 0 Å². The molecule has 1 aromatic heterocycles. The van der Waals surface area contributed by atoms with E-state index in [0.29, 0.717) is 0 Å². The Morgan fingerprint density at radius 3 is 2.46 bits per heavy atom. The van der Waals surface area contributed by atoms with Crippen molar-refractivity contribution < 1.29 is 0 Å². The van der Waals surface area contributed by atoms with Crippen molar-refractivity contribution in [2.75, 3.05) is 0 Å². The summed E-state index contributed by atoms with van der Waals surface area (Å²) in [6.07, 6.45) is 1.96. The Bertz CT molecular complexity index is 422. The standard InChI is InChI=1S/C10H7ClIN/c11-10-6-3-7-13(10)9-5-2-1-4-8(9)12/h1-7H. The highest BCUT2D eigenvalue weighted by atomic mass is 127. The molecule has 0 saturated heterocycles. The van der Waals surface area contributed by atoms with Crippen LogP contribution in [0, 0.1) is 3.57 Å². The van der Waals surface area contributed by atoms with Gasteiger partial charge >= 0.3 is 0 Å². The quantitative estimate of drug-likeness (QED) is 0.707. The van der Waals surface area contributed by atoms with Crippen LogP contribution in [0.5, 0.6) is 0 Å². The van der Waals surface area contributed by atoms with Gasteiger partial charge in [-0.3, -0.25) is 0 Å². The lowest BCUT2D eigenvalue weighted by Gasteiger charge is -2.06. The van der Waals surface area contributed by atoms with Gasteiger partial charge in [0.2, 0.25) is 0 Å². The summed E-state index contributed by atoms with van der Waals surface area (Å²) >= 11 is 8.30. The molecule has 1 aromatic carbocycles. The van der Waals surface area contributed by atoms with Crippen molar-refractivity contribution >= 4 is 34.2 Å². The molecule has 0 aliphatic rings. The summed E-state index contributed by atoms with van der Waals surface area (Å²) in [6.45, 7) is 0. The van der Waals surface area contributed by atoms with Gasteiger partial charge in [0.05, 0.1) is 5.69 Å². The summed E-state index contributed by atoms with van der Waals surface area (Å²) in [6, 6.07) is 12.0. The molecule has 0 saturated carbocycles. The maximum atomic E-state index is 6.01. The van der Waals surface area contributed by atoms with E-state index >= 15 is 0 Å². The average molecular weight is 304 g/mol. The zero-order valence-corrected chi connectivity index (χ0v) is 9.66. The Hall–Kier alpha value is -0.480. The van der Waals surface area contributed by atoms with Crippen LogP contribution < -0.4 is 0 Å². The third-order valence-corrected chi connectivity index (χ3v) is 3.03. The number of benzene rings is 1. The minimum Gasteiger partial charge on any atom is -0.307 e. The van der Waals surface area contributed by atoms with E-state index in [1.54, 1.807) is 0 Å². The SMILES string of the molecule is Clc1cccn1-c1ccccc1I. The number of para-hydroxylation sites is 1. The second kappa shape index (κ2) is 3.72. The van der Waals surface area contributed by atoms with E-state index in [1.165, 1.54) is 3.57 Å². The third-order valence-electron chi connectivity index (χ3n) is 1.81. The van der Waals surface area contributed by atoms with Crippen LogP contribution >= 0.6 is 34.2 Å². The zero-order chi connectivity index (χ0) is 9.26. The summed E-state index contributed by atoms with van der Waals surface area (Å²) in [7, 11) is 0. The number of hydrogen-bond acceptors (Lipinski definition) is 0. The Labute approximate surface area is 95.5 Å². The van der Waals surface area contributed by atoms with Crippen molar-refractivity contribution in [3.63, 3.8) is 0 Å². The highest BCUT2D eigenvalue weighted by Crippen LogP contribution is 2.21.